The summed E-state index contributed by atoms with van der Waals surface area (Å²) < 4.78 is 0. The molecule has 0 amide bonds. The van der Waals surface area contributed by atoms with Crippen molar-refractivity contribution in [2.75, 3.05) is 5.32 Å². The molecule has 0 atom stereocenters. The van der Waals surface area contributed by atoms with E-state index in [1.165, 1.54) is 17.3 Å². The Balaban J connectivity index is 1.58. The number of fused-ring (bicyclic) bond motifs is 1. The van der Waals surface area contributed by atoms with Crippen molar-refractivity contribution >= 4 is 34.3 Å². The van der Waals surface area contributed by atoms with Gasteiger partial charge in [0, 0.05) is 10.3 Å². The Labute approximate surface area is 142 Å². The summed E-state index contributed by atoms with van der Waals surface area (Å²) >= 11 is 1.48. The molecule has 0 saturated carbocycles. The number of hydrogen-bond acceptors (Lipinski definition) is 6. The molecule has 4 aromatic rings. The van der Waals surface area contributed by atoms with Crippen LogP contribution in [0.5, 0.6) is 0 Å². The van der Waals surface area contributed by atoms with Gasteiger partial charge < -0.3 is 5.32 Å². The third-order valence-electron chi connectivity index (χ3n) is 3.45. The maximum Gasteiger partial charge on any atom is 0.215 e. The van der Waals surface area contributed by atoms with E-state index >= 15 is 0 Å². The van der Waals surface area contributed by atoms with Crippen molar-refractivity contribution in [3.8, 4) is 0 Å². The summed E-state index contributed by atoms with van der Waals surface area (Å²) in [6.45, 7) is 2.06. The zero-order valence-electron chi connectivity index (χ0n) is 12.9. The normalized spacial score (nSPS) is 10.9. The van der Waals surface area contributed by atoms with E-state index in [1.54, 1.807) is 6.20 Å². The number of nitrogens with zero attached hydrogens (tertiary/aromatic N) is 4. The second-order valence-electron chi connectivity index (χ2n) is 5.29. The highest BCUT2D eigenvalue weighted by Crippen LogP contribution is 2.27. The quantitative estimate of drug-likeness (QED) is 0.588. The van der Waals surface area contributed by atoms with Crippen molar-refractivity contribution in [1.29, 1.82) is 0 Å². The molecule has 6 nitrogen and oxygen atoms in total. The molecule has 24 heavy (non-hydrogen) atoms. The minimum atomic E-state index is 0.588. The van der Waals surface area contributed by atoms with Crippen LogP contribution in [0.1, 0.15) is 5.56 Å². The molecule has 2 aromatic carbocycles. The lowest BCUT2D eigenvalue weighted by Gasteiger charge is -2.04. The number of aromatic amines is 1. The Bertz CT molecular complexity index is 997. The highest BCUT2D eigenvalue weighted by molar-refractivity contribution is 7.99. The first-order valence-electron chi connectivity index (χ1n) is 7.42. The minimum Gasteiger partial charge on any atom is -0.322 e. The van der Waals surface area contributed by atoms with Gasteiger partial charge in [-0.15, -0.1) is 5.10 Å². The van der Waals surface area contributed by atoms with E-state index in [0.29, 0.717) is 11.0 Å². The summed E-state index contributed by atoms with van der Waals surface area (Å²) in [5.74, 6) is 1.33. The van der Waals surface area contributed by atoms with Gasteiger partial charge in [0.15, 0.2) is 11.6 Å². The molecule has 2 N–H and O–H groups in total. The second-order valence-corrected chi connectivity index (χ2v) is 6.33. The molecule has 0 aliphatic carbocycles. The third-order valence-corrected chi connectivity index (χ3v) is 4.30. The molecule has 0 bridgehead atoms. The van der Waals surface area contributed by atoms with E-state index in [0.717, 1.165) is 21.6 Å². The van der Waals surface area contributed by atoms with Crippen molar-refractivity contribution in [2.24, 2.45) is 0 Å². The molecule has 2 heterocycles. The maximum atomic E-state index is 4.50. The molecule has 2 aromatic heterocycles. The first-order valence-corrected chi connectivity index (χ1v) is 8.24. The fraction of sp³-hybridized carbons (Fsp3) is 0.0588. The standard InChI is InChI=1S/C17H14N6S/c1-11-5-4-6-12(9-11)24-17-20-15(10-18-23-17)19-16-13-7-2-3-8-14(13)21-22-16/h2-10H,1H3,(H2,19,20,21,22,23). The van der Waals surface area contributed by atoms with Crippen LogP contribution < -0.4 is 5.32 Å². The second kappa shape index (κ2) is 6.29. The van der Waals surface area contributed by atoms with Crippen LogP contribution in [-0.4, -0.2) is 25.4 Å². The highest BCUT2D eigenvalue weighted by Gasteiger charge is 2.08. The lowest BCUT2D eigenvalue weighted by atomic mass is 10.2. The number of hydrogen-bond donors (Lipinski definition) is 2. The van der Waals surface area contributed by atoms with Gasteiger partial charge in [0.05, 0.1) is 11.7 Å². The minimum absolute atomic E-state index is 0.588. The lowest BCUT2D eigenvalue weighted by Crippen LogP contribution is -1.98. The fourth-order valence-corrected chi connectivity index (χ4v) is 3.19. The maximum absolute atomic E-state index is 4.50. The summed E-state index contributed by atoms with van der Waals surface area (Å²) in [7, 11) is 0. The van der Waals surface area contributed by atoms with Crippen LogP contribution in [0.15, 0.2) is 64.8 Å². The Kier molecular flexibility index (Phi) is 3.84. The summed E-state index contributed by atoms with van der Waals surface area (Å²) in [6, 6.07) is 16.1. The van der Waals surface area contributed by atoms with Crippen molar-refractivity contribution in [1.82, 2.24) is 25.4 Å². The predicted octanol–water partition coefficient (Wildman–Crippen LogP) is 3.95. The van der Waals surface area contributed by atoms with Crippen molar-refractivity contribution in [3.63, 3.8) is 0 Å². The molecule has 0 aliphatic heterocycles. The molecule has 118 valence electrons. The lowest BCUT2D eigenvalue weighted by molar-refractivity contribution is 0.843. The molecule has 0 fully saturated rings. The number of benzene rings is 2. The summed E-state index contributed by atoms with van der Waals surface area (Å²) in [6.07, 6.45) is 1.59. The Morgan fingerprint density at radius 1 is 1.08 bits per heavy atom. The molecular weight excluding hydrogens is 320 g/mol. The van der Waals surface area contributed by atoms with Gasteiger partial charge in [-0.1, -0.05) is 29.8 Å². The van der Waals surface area contributed by atoms with E-state index in [9.17, 15) is 0 Å². The van der Waals surface area contributed by atoms with E-state index in [1.807, 2.05) is 36.4 Å². The summed E-state index contributed by atoms with van der Waals surface area (Å²) in [5, 5.41) is 20.2. The van der Waals surface area contributed by atoms with Gasteiger partial charge in [0.25, 0.3) is 0 Å². The van der Waals surface area contributed by atoms with Crippen LogP contribution in [0.2, 0.25) is 0 Å². The Morgan fingerprint density at radius 3 is 2.92 bits per heavy atom. The summed E-state index contributed by atoms with van der Waals surface area (Å²) in [4.78, 5) is 5.59. The van der Waals surface area contributed by atoms with E-state index < -0.39 is 0 Å². The molecule has 0 spiro atoms. The molecule has 7 heteroatoms. The van der Waals surface area contributed by atoms with Gasteiger partial charge in [-0.2, -0.15) is 10.2 Å². The zero-order valence-corrected chi connectivity index (χ0v) is 13.7. The van der Waals surface area contributed by atoms with Gasteiger partial charge in [-0.3, -0.25) is 5.10 Å². The number of aryl methyl sites for hydroxylation is 1. The largest absolute Gasteiger partial charge is 0.322 e. The van der Waals surface area contributed by atoms with Gasteiger partial charge in [0.1, 0.15) is 0 Å². The van der Waals surface area contributed by atoms with Gasteiger partial charge >= 0.3 is 0 Å². The smallest absolute Gasteiger partial charge is 0.215 e. The van der Waals surface area contributed by atoms with Gasteiger partial charge in [0.2, 0.25) is 5.16 Å². The van der Waals surface area contributed by atoms with Crippen LogP contribution in [0.3, 0.4) is 0 Å². The molecule has 0 saturated heterocycles. The first kappa shape index (κ1) is 14.6. The van der Waals surface area contributed by atoms with Crippen molar-refractivity contribution in [3.05, 3.63) is 60.3 Å². The van der Waals surface area contributed by atoms with Crippen LogP contribution >= 0.6 is 11.8 Å². The number of nitrogens with one attached hydrogen (secondary N) is 2. The topological polar surface area (TPSA) is 79.4 Å². The highest BCUT2D eigenvalue weighted by atomic mass is 32.2. The van der Waals surface area contributed by atoms with E-state index in [4.69, 9.17) is 0 Å². The predicted molar refractivity (Wildman–Crippen MR) is 94.5 cm³/mol. The van der Waals surface area contributed by atoms with Crippen molar-refractivity contribution < 1.29 is 0 Å². The number of H-pyrrole nitrogens is 1. The Hall–Kier alpha value is -2.93. The average Bonchev–Trinajstić information content (AvgIpc) is 2.99. The number of para-hydroxylation sites is 1. The SMILES string of the molecule is Cc1cccc(Sc2nncc(Nc3n[nH]c4ccccc34)n2)c1. The third kappa shape index (κ3) is 3.07. The molecule has 0 aliphatic rings. The molecule has 0 radical (unpaired) electrons. The van der Waals surface area contributed by atoms with Crippen LogP contribution in [-0.2, 0) is 0 Å². The number of anilines is 2. The summed E-state index contributed by atoms with van der Waals surface area (Å²) in [5.41, 5.74) is 2.17. The van der Waals surface area contributed by atoms with Crippen LogP contribution in [0.25, 0.3) is 10.9 Å². The molecule has 0 unspecified atom stereocenters. The molecule has 4 rings (SSSR count). The van der Waals surface area contributed by atoms with E-state index in [-0.39, 0.29) is 0 Å². The monoisotopic (exact) mass is 334 g/mol. The number of aromatic nitrogens is 5. The van der Waals surface area contributed by atoms with Gasteiger partial charge in [-0.05, 0) is 43.0 Å². The first-order chi connectivity index (χ1) is 11.8. The van der Waals surface area contributed by atoms with E-state index in [2.05, 4.69) is 49.8 Å². The fourth-order valence-electron chi connectivity index (χ4n) is 2.35. The average molecular weight is 334 g/mol. The molecular formula is C17H14N6S. The Morgan fingerprint density at radius 2 is 2.00 bits per heavy atom. The van der Waals surface area contributed by atoms with Gasteiger partial charge in [-0.25, -0.2) is 4.98 Å². The number of rotatable bonds is 4. The van der Waals surface area contributed by atoms with Crippen molar-refractivity contribution in [2.45, 2.75) is 17.0 Å². The van der Waals surface area contributed by atoms with Crippen LogP contribution in [0, 0.1) is 6.92 Å². The zero-order chi connectivity index (χ0) is 16.4. The van der Waals surface area contributed by atoms with Crippen LogP contribution in [0.4, 0.5) is 11.6 Å².